The quantitative estimate of drug-likeness (QED) is 0.321. The molecule has 0 radical (unpaired) electrons. The molecule has 1 fully saturated rings. The first-order valence-electron chi connectivity index (χ1n) is 11.9. The first-order chi connectivity index (χ1) is 18.9. The number of ether oxygens (including phenoxy) is 1. The van der Waals surface area contributed by atoms with Crippen LogP contribution in [0.4, 0.5) is 36.1 Å². The van der Waals surface area contributed by atoms with Crippen molar-refractivity contribution < 1.29 is 27.5 Å². The average Bonchev–Trinajstić information content (AvgIpc) is 2.90. The number of benzene rings is 2. The predicted molar refractivity (Wildman–Crippen MR) is 146 cm³/mol. The third kappa shape index (κ3) is 7.13. The van der Waals surface area contributed by atoms with Gasteiger partial charge in [-0.3, -0.25) is 9.59 Å². The van der Waals surface area contributed by atoms with Gasteiger partial charge in [-0.15, -0.1) is 0 Å². The molecule has 1 aliphatic heterocycles. The van der Waals surface area contributed by atoms with Crippen LogP contribution < -0.4 is 20.3 Å². The van der Waals surface area contributed by atoms with Crippen LogP contribution in [0.5, 0.6) is 11.8 Å². The zero-order valence-corrected chi connectivity index (χ0v) is 22.6. The van der Waals surface area contributed by atoms with Crippen molar-refractivity contribution in [2.45, 2.75) is 13.1 Å². The summed E-state index contributed by atoms with van der Waals surface area (Å²) in [7, 11) is 0. The molecule has 1 saturated heterocycles. The number of alkyl halides is 3. The van der Waals surface area contributed by atoms with Gasteiger partial charge in [0.25, 0.3) is 5.91 Å². The van der Waals surface area contributed by atoms with Crippen molar-refractivity contribution in [2.24, 2.45) is 0 Å². The van der Waals surface area contributed by atoms with E-state index in [0.717, 1.165) is 6.07 Å². The third-order valence-electron chi connectivity index (χ3n) is 5.90. The van der Waals surface area contributed by atoms with Crippen LogP contribution in [0.25, 0.3) is 0 Å². The Bertz CT molecular complexity index is 1450. The molecule has 3 aromatic rings. The maximum absolute atomic E-state index is 14.0. The zero-order valence-electron chi connectivity index (χ0n) is 21.1. The van der Waals surface area contributed by atoms with Crippen molar-refractivity contribution in [2.75, 3.05) is 41.7 Å². The Kier molecular flexibility index (Phi) is 8.70. The molecule has 2 aromatic carbocycles. The van der Waals surface area contributed by atoms with E-state index in [0.29, 0.717) is 24.5 Å². The van der Waals surface area contributed by atoms with E-state index in [1.807, 2.05) is 0 Å². The fourth-order valence-corrected chi connectivity index (χ4v) is 4.13. The molecule has 0 bridgehead atoms. The highest BCUT2D eigenvalue weighted by Gasteiger charge is 2.36. The number of piperazine rings is 1. The number of halogens is 5. The molecular formula is C26H23Cl2F3N6O3. The number of carbonyl (C=O) groups excluding carboxylic acids is 2. The number of nitrogens with zero attached hydrogens (tertiary/aromatic N) is 4. The number of rotatable bonds is 7. The van der Waals surface area contributed by atoms with Crippen LogP contribution in [-0.2, 0) is 15.8 Å². The Hall–Kier alpha value is -4.03. The van der Waals surface area contributed by atoms with E-state index in [1.54, 1.807) is 34.1 Å². The van der Waals surface area contributed by atoms with E-state index in [9.17, 15) is 22.8 Å². The second-order valence-corrected chi connectivity index (χ2v) is 9.55. The molecule has 0 atom stereocenters. The molecule has 0 spiro atoms. The Labute approximate surface area is 237 Å². The normalized spacial score (nSPS) is 13.6. The van der Waals surface area contributed by atoms with Crippen molar-refractivity contribution in [3.63, 3.8) is 0 Å². The van der Waals surface area contributed by atoms with Crippen molar-refractivity contribution in [1.82, 2.24) is 14.9 Å². The molecule has 40 heavy (non-hydrogen) atoms. The molecule has 2 N–H and O–H groups in total. The molecule has 210 valence electrons. The molecule has 0 unspecified atom stereocenters. The first-order valence-corrected chi connectivity index (χ1v) is 12.6. The Morgan fingerprint density at radius 3 is 2.42 bits per heavy atom. The highest BCUT2D eigenvalue weighted by molar-refractivity contribution is 6.43. The third-order valence-corrected chi connectivity index (χ3v) is 6.35. The number of hydrogen-bond donors (Lipinski definition) is 2. The van der Waals surface area contributed by atoms with Gasteiger partial charge in [0.15, 0.2) is 5.82 Å². The molecular weight excluding hydrogens is 572 g/mol. The zero-order chi connectivity index (χ0) is 29.0. The molecule has 14 heteroatoms. The van der Waals surface area contributed by atoms with Gasteiger partial charge in [-0.05, 0) is 36.4 Å². The van der Waals surface area contributed by atoms with Gasteiger partial charge in [-0.1, -0.05) is 35.8 Å². The Morgan fingerprint density at radius 1 is 1.07 bits per heavy atom. The minimum Gasteiger partial charge on any atom is -0.424 e. The van der Waals surface area contributed by atoms with Crippen molar-refractivity contribution in [3.05, 3.63) is 70.9 Å². The summed E-state index contributed by atoms with van der Waals surface area (Å²) < 4.78 is 47.6. The second kappa shape index (κ2) is 12.0. The lowest BCUT2D eigenvalue weighted by atomic mass is 10.1. The monoisotopic (exact) mass is 594 g/mol. The summed E-state index contributed by atoms with van der Waals surface area (Å²) in [6, 6.07) is 9.90. The minimum absolute atomic E-state index is 0.00727. The molecule has 9 nitrogen and oxygen atoms in total. The van der Waals surface area contributed by atoms with Crippen LogP contribution >= 0.6 is 23.2 Å². The number of anilines is 4. The van der Waals surface area contributed by atoms with Gasteiger partial charge in [-0.2, -0.15) is 18.2 Å². The SMILES string of the molecule is C=C(Cl)C(=O)Nc1cccc(Nc2nc(Oc3ccc(N4CCN(C(C)=O)CC4)c(C(F)(F)F)c3)ncc2Cl)c1. The summed E-state index contributed by atoms with van der Waals surface area (Å²) in [5.41, 5.74) is 0.0123. The van der Waals surface area contributed by atoms with Gasteiger partial charge in [-0.25, -0.2) is 4.98 Å². The predicted octanol–water partition coefficient (Wildman–Crippen LogP) is 6.04. The van der Waals surface area contributed by atoms with Gasteiger partial charge in [0, 0.05) is 50.2 Å². The summed E-state index contributed by atoms with van der Waals surface area (Å²) >= 11 is 11.8. The van der Waals surface area contributed by atoms with E-state index in [4.69, 9.17) is 27.9 Å². The van der Waals surface area contributed by atoms with Crippen LogP contribution in [0.3, 0.4) is 0 Å². The molecule has 0 saturated carbocycles. The smallest absolute Gasteiger partial charge is 0.418 e. The van der Waals surface area contributed by atoms with Crippen molar-refractivity contribution in [1.29, 1.82) is 0 Å². The first kappa shape index (κ1) is 29.0. The molecule has 1 aliphatic rings. The fraction of sp³-hybridized carbons (Fsp3) is 0.231. The van der Waals surface area contributed by atoms with E-state index >= 15 is 0 Å². The van der Waals surface area contributed by atoms with Crippen LogP contribution in [-0.4, -0.2) is 52.9 Å². The molecule has 0 aliphatic carbocycles. The number of amides is 2. The standard InChI is InChI=1S/C26H23Cl2F3N6O3/c1-15(27)24(39)34-18-5-3-4-17(12-18)33-23-21(28)14-32-25(35-23)40-19-6-7-22(20(13-19)26(29,30)31)37-10-8-36(9-11-37)16(2)38/h3-7,12-14H,1,8-11H2,2H3,(H,34,39)(H,32,33,35). The fourth-order valence-electron chi connectivity index (χ4n) is 3.95. The van der Waals surface area contributed by atoms with Crippen LogP contribution in [0, 0.1) is 0 Å². The summed E-state index contributed by atoms with van der Waals surface area (Å²) in [4.78, 5) is 34.7. The lowest BCUT2D eigenvalue weighted by Gasteiger charge is -2.36. The number of nitrogens with one attached hydrogen (secondary N) is 2. The van der Waals surface area contributed by atoms with Crippen LogP contribution in [0.2, 0.25) is 5.02 Å². The van der Waals surface area contributed by atoms with E-state index in [-0.39, 0.29) is 52.3 Å². The molecule has 1 aromatic heterocycles. The number of hydrogen-bond acceptors (Lipinski definition) is 7. The largest absolute Gasteiger partial charge is 0.424 e. The second-order valence-electron chi connectivity index (χ2n) is 8.69. The highest BCUT2D eigenvalue weighted by Crippen LogP contribution is 2.40. The highest BCUT2D eigenvalue weighted by atomic mass is 35.5. The van der Waals surface area contributed by atoms with Crippen LogP contribution in [0.15, 0.2) is 60.3 Å². The van der Waals surface area contributed by atoms with Crippen LogP contribution in [0.1, 0.15) is 12.5 Å². The van der Waals surface area contributed by atoms with Crippen molar-refractivity contribution >= 4 is 57.9 Å². The van der Waals surface area contributed by atoms with Gasteiger partial charge in [0.1, 0.15) is 10.8 Å². The average molecular weight is 595 g/mol. The minimum atomic E-state index is -4.66. The summed E-state index contributed by atoms with van der Waals surface area (Å²) in [6.45, 7) is 5.99. The maximum atomic E-state index is 14.0. The lowest BCUT2D eigenvalue weighted by Crippen LogP contribution is -2.48. The summed E-state index contributed by atoms with van der Waals surface area (Å²) in [6.07, 6.45) is -3.42. The topological polar surface area (TPSA) is 99.7 Å². The Morgan fingerprint density at radius 2 is 1.77 bits per heavy atom. The van der Waals surface area contributed by atoms with Gasteiger partial charge >= 0.3 is 12.2 Å². The van der Waals surface area contributed by atoms with E-state index in [2.05, 4.69) is 27.2 Å². The maximum Gasteiger partial charge on any atom is 0.418 e. The molecule has 2 amide bonds. The van der Waals surface area contributed by atoms with Gasteiger partial charge in [0.2, 0.25) is 5.91 Å². The molecule has 2 heterocycles. The number of carbonyl (C=O) groups is 2. The van der Waals surface area contributed by atoms with E-state index < -0.39 is 17.6 Å². The summed E-state index contributed by atoms with van der Waals surface area (Å²) in [5.74, 6) is -0.698. The summed E-state index contributed by atoms with van der Waals surface area (Å²) in [5, 5.41) is 5.45. The van der Waals surface area contributed by atoms with Gasteiger partial charge < -0.3 is 25.2 Å². The Balaban J connectivity index is 1.53. The van der Waals surface area contributed by atoms with Gasteiger partial charge in [0.05, 0.1) is 16.8 Å². The molecule has 4 rings (SSSR count). The van der Waals surface area contributed by atoms with Crippen molar-refractivity contribution in [3.8, 4) is 11.8 Å². The number of aromatic nitrogens is 2. The van der Waals surface area contributed by atoms with E-state index in [1.165, 1.54) is 25.3 Å². The lowest BCUT2D eigenvalue weighted by molar-refractivity contribution is -0.137.